The number of amides is 1. The van der Waals surface area contributed by atoms with Crippen LogP contribution in [0.15, 0.2) is 71.9 Å². The number of aryl methyl sites for hydroxylation is 1. The Balaban J connectivity index is 1.40. The number of halogens is 1. The lowest BCUT2D eigenvalue weighted by Gasteiger charge is -2.09. The maximum Gasteiger partial charge on any atom is 0.264 e. The third-order valence-electron chi connectivity index (χ3n) is 5.17. The van der Waals surface area contributed by atoms with E-state index in [0.717, 1.165) is 16.7 Å². The standard InChI is InChI=1S/C24H22ClN5O2/c1-17-6-2-3-8-19(17)15-29-16-27-23-20(24(29)32)14-28-30(23)13-12-26-22(31)11-10-18-7-4-5-9-21(18)25/h2-11,14,16H,12-13,15H2,1H3,(H,26,31)/b11-10+. The van der Waals surface area contributed by atoms with E-state index in [4.69, 9.17) is 11.6 Å². The number of aromatic nitrogens is 4. The molecular formula is C24H22ClN5O2. The maximum atomic E-state index is 12.9. The van der Waals surface area contributed by atoms with E-state index >= 15 is 0 Å². The fourth-order valence-corrected chi connectivity index (χ4v) is 3.56. The molecule has 8 heteroatoms. The quantitative estimate of drug-likeness (QED) is 0.440. The van der Waals surface area contributed by atoms with Crippen LogP contribution in [-0.4, -0.2) is 31.8 Å². The SMILES string of the molecule is Cc1ccccc1Cn1cnc2c(cnn2CCNC(=O)/C=C/c2ccccc2Cl)c1=O. The second kappa shape index (κ2) is 9.62. The molecule has 2 aromatic carbocycles. The van der Waals surface area contributed by atoms with Gasteiger partial charge in [0, 0.05) is 17.6 Å². The van der Waals surface area contributed by atoms with Crippen molar-refractivity contribution in [3.63, 3.8) is 0 Å². The summed E-state index contributed by atoms with van der Waals surface area (Å²) in [6.07, 6.45) is 6.17. The van der Waals surface area contributed by atoms with Crippen LogP contribution in [0.4, 0.5) is 0 Å². The Morgan fingerprint density at radius 1 is 1.16 bits per heavy atom. The van der Waals surface area contributed by atoms with Gasteiger partial charge in [0.25, 0.3) is 5.56 Å². The van der Waals surface area contributed by atoms with E-state index in [1.54, 1.807) is 27.7 Å². The van der Waals surface area contributed by atoms with Gasteiger partial charge >= 0.3 is 0 Å². The predicted octanol–water partition coefficient (Wildman–Crippen LogP) is 3.43. The van der Waals surface area contributed by atoms with Crippen LogP contribution in [-0.2, 0) is 17.9 Å². The first-order chi connectivity index (χ1) is 15.5. The Labute approximate surface area is 190 Å². The molecule has 4 rings (SSSR count). The zero-order valence-electron chi connectivity index (χ0n) is 17.5. The third-order valence-corrected chi connectivity index (χ3v) is 5.51. The van der Waals surface area contributed by atoms with E-state index in [1.165, 1.54) is 12.3 Å². The van der Waals surface area contributed by atoms with Crippen molar-refractivity contribution in [3.8, 4) is 0 Å². The number of nitrogens with one attached hydrogen (secondary N) is 1. The number of fused-ring (bicyclic) bond motifs is 1. The fraction of sp³-hybridized carbons (Fsp3) is 0.167. The average Bonchev–Trinajstić information content (AvgIpc) is 3.20. The van der Waals surface area contributed by atoms with Gasteiger partial charge in [-0.2, -0.15) is 5.10 Å². The first-order valence-electron chi connectivity index (χ1n) is 10.2. The highest BCUT2D eigenvalue weighted by molar-refractivity contribution is 6.32. The topological polar surface area (TPSA) is 81.8 Å². The van der Waals surface area contributed by atoms with Gasteiger partial charge in [-0.15, -0.1) is 0 Å². The lowest BCUT2D eigenvalue weighted by atomic mass is 10.1. The van der Waals surface area contributed by atoms with Crippen LogP contribution in [0.5, 0.6) is 0 Å². The molecule has 0 unspecified atom stereocenters. The van der Waals surface area contributed by atoms with Crippen LogP contribution < -0.4 is 10.9 Å². The van der Waals surface area contributed by atoms with Crippen molar-refractivity contribution in [2.75, 3.05) is 6.54 Å². The molecule has 0 saturated heterocycles. The van der Waals surface area contributed by atoms with E-state index in [9.17, 15) is 9.59 Å². The van der Waals surface area contributed by atoms with Crippen LogP contribution >= 0.6 is 11.6 Å². The first kappa shape index (κ1) is 21.5. The number of carbonyl (C=O) groups excluding carboxylic acids is 1. The molecule has 2 heterocycles. The van der Waals surface area contributed by atoms with Crippen molar-refractivity contribution < 1.29 is 4.79 Å². The minimum atomic E-state index is -0.241. The van der Waals surface area contributed by atoms with Crippen molar-refractivity contribution in [1.29, 1.82) is 0 Å². The highest BCUT2D eigenvalue weighted by atomic mass is 35.5. The van der Waals surface area contributed by atoms with Crippen LogP contribution in [0, 0.1) is 6.92 Å². The van der Waals surface area contributed by atoms with Gasteiger partial charge in [-0.3, -0.25) is 14.2 Å². The highest BCUT2D eigenvalue weighted by Crippen LogP contribution is 2.16. The van der Waals surface area contributed by atoms with Gasteiger partial charge in [0.05, 0.1) is 19.3 Å². The molecule has 0 aliphatic heterocycles. The zero-order chi connectivity index (χ0) is 22.5. The summed E-state index contributed by atoms with van der Waals surface area (Å²) in [5.41, 5.74) is 3.31. The largest absolute Gasteiger partial charge is 0.351 e. The predicted molar refractivity (Wildman–Crippen MR) is 126 cm³/mol. The molecular weight excluding hydrogens is 426 g/mol. The number of nitrogens with zero attached hydrogens (tertiary/aromatic N) is 4. The Kier molecular flexibility index (Phi) is 6.47. The maximum absolute atomic E-state index is 12.9. The molecule has 1 N–H and O–H groups in total. The van der Waals surface area contributed by atoms with Crippen LogP contribution in [0.1, 0.15) is 16.7 Å². The smallest absolute Gasteiger partial charge is 0.264 e. The van der Waals surface area contributed by atoms with Gasteiger partial charge < -0.3 is 5.32 Å². The van der Waals surface area contributed by atoms with Gasteiger partial charge in [0.1, 0.15) is 11.7 Å². The van der Waals surface area contributed by atoms with Gasteiger partial charge in [0.15, 0.2) is 5.65 Å². The van der Waals surface area contributed by atoms with Gasteiger partial charge in [-0.1, -0.05) is 54.1 Å². The van der Waals surface area contributed by atoms with E-state index in [2.05, 4.69) is 15.4 Å². The molecule has 0 aliphatic carbocycles. The molecule has 0 saturated carbocycles. The summed E-state index contributed by atoms with van der Waals surface area (Å²) in [4.78, 5) is 29.4. The van der Waals surface area contributed by atoms with Crippen LogP contribution in [0.3, 0.4) is 0 Å². The summed E-state index contributed by atoms with van der Waals surface area (Å²) in [5, 5.41) is 8.11. The number of carbonyl (C=O) groups is 1. The van der Waals surface area contributed by atoms with Crippen molar-refractivity contribution in [3.05, 3.63) is 99.2 Å². The summed E-state index contributed by atoms with van der Waals surface area (Å²) < 4.78 is 3.20. The highest BCUT2D eigenvalue weighted by Gasteiger charge is 2.11. The fourth-order valence-electron chi connectivity index (χ4n) is 3.36. The molecule has 0 aliphatic rings. The summed E-state index contributed by atoms with van der Waals surface area (Å²) in [6, 6.07) is 15.2. The van der Waals surface area contributed by atoms with E-state index in [-0.39, 0.29) is 11.5 Å². The van der Waals surface area contributed by atoms with Crippen LogP contribution in [0.2, 0.25) is 5.02 Å². The Morgan fingerprint density at radius 3 is 2.75 bits per heavy atom. The molecule has 32 heavy (non-hydrogen) atoms. The Morgan fingerprint density at radius 2 is 1.94 bits per heavy atom. The zero-order valence-corrected chi connectivity index (χ0v) is 18.3. The lowest BCUT2D eigenvalue weighted by molar-refractivity contribution is -0.116. The molecule has 0 bridgehead atoms. The molecule has 7 nitrogen and oxygen atoms in total. The first-order valence-corrected chi connectivity index (χ1v) is 10.6. The normalized spacial score (nSPS) is 11.3. The van der Waals surface area contributed by atoms with E-state index < -0.39 is 0 Å². The van der Waals surface area contributed by atoms with E-state index in [1.807, 2.05) is 49.4 Å². The number of hydrogen-bond acceptors (Lipinski definition) is 4. The second-order valence-electron chi connectivity index (χ2n) is 7.35. The van der Waals surface area contributed by atoms with Crippen molar-refractivity contribution >= 4 is 34.6 Å². The average molecular weight is 448 g/mol. The molecule has 1 amide bonds. The Hall–Kier alpha value is -3.71. The minimum absolute atomic E-state index is 0.142. The van der Waals surface area contributed by atoms with Crippen molar-refractivity contribution in [2.24, 2.45) is 0 Å². The summed E-state index contributed by atoms with van der Waals surface area (Å²) >= 11 is 6.08. The van der Waals surface area contributed by atoms with Crippen molar-refractivity contribution in [1.82, 2.24) is 24.6 Å². The molecule has 162 valence electrons. The number of rotatable bonds is 7. The molecule has 0 radical (unpaired) electrons. The molecule has 4 aromatic rings. The van der Waals surface area contributed by atoms with E-state index in [0.29, 0.717) is 35.7 Å². The van der Waals surface area contributed by atoms with Crippen molar-refractivity contribution in [2.45, 2.75) is 20.0 Å². The molecule has 0 atom stereocenters. The Bertz CT molecular complexity index is 1360. The second-order valence-corrected chi connectivity index (χ2v) is 7.76. The minimum Gasteiger partial charge on any atom is -0.351 e. The third kappa shape index (κ3) is 4.78. The van der Waals surface area contributed by atoms with Crippen LogP contribution in [0.25, 0.3) is 17.1 Å². The monoisotopic (exact) mass is 447 g/mol. The molecule has 2 aromatic heterocycles. The summed E-state index contributed by atoms with van der Waals surface area (Å²) in [5.74, 6) is -0.241. The van der Waals surface area contributed by atoms with Gasteiger partial charge in [-0.05, 0) is 35.8 Å². The molecule has 0 fully saturated rings. The lowest BCUT2D eigenvalue weighted by Crippen LogP contribution is -2.26. The van der Waals surface area contributed by atoms with Gasteiger partial charge in [-0.25, -0.2) is 9.67 Å². The summed E-state index contributed by atoms with van der Waals surface area (Å²) in [6.45, 7) is 3.20. The number of hydrogen-bond donors (Lipinski definition) is 1. The molecule has 0 spiro atoms. The summed E-state index contributed by atoms with van der Waals surface area (Å²) in [7, 11) is 0. The van der Waals surface area contributed by atoms with Gasteiger partial charge in [0.2, 0.25) is 5.91 Å². The number of benzene rings is 2.